The molecule has 4 rings (SSSR count). The lowest BCUT2D eigenvalue weighted by atomic mass is 10.1. The van der Waals surface area contributed by atoms with Crippen LogP contribution < -0.4 is 4.72 Å². The molecule has 2 heterocycles. The molecule has 0 saturated heterocycles. The molecule has 1 aromatic carbocycles. The second kappa shape index (κ2) is 6.80. The van der Waals surface area contributed by atoms with Crippen molar-refractivity contribution in [1.29, 1.82) is 0 Å². The fourth-order valence-electron chi connectivity index (χ4n) is 3.17. The SMILES string of the molecule is Cc1cc(NS(=O)(=O)c2ccc(-c3nnc(C4CCCC4)o3)o2)ccc1F. The molecule has 0 bridgehead atoms. The van der Waals surface area contributed by atoms with E-state index in [1.807, 2.05) is 0 Å². The lowest BCUT2D eigenvalue weighted by molar-refractivity contribution is 0.421. The number of nitrogens with one attached hydrogen (secondary N) is 1. The normalized spacial score (nSPS) is 15.3. The quantitative estimate of drug-likeness (QED) is 0.699. The third-order valence-corrected chi connectivity index (χ3v) is 5.87. The van der Waals surface area contributed by atoms with Crippen LogP contribution in [0.25, 0.3) is 11.7 Å². The van der Waals surface area contributed by atoms with Crippen LogP contribution in [-0.2, 0) is 10.0 Å². The van der Waals surface area contributed by atoms with E-state index in [1.165, 1.54) is 30.3 Å². The molecule has 2 aromatic heterocycles. The topological polar surface area (TPSA) is 98.2 Å². The Kier molecular flexibility index (Phi) is 4.47. The van der Waals surface area contributed by atoms with Crippen LogP contribution in [0.15, 0.2) is 44.3 Å². The van der Waals surface area contributed by atoms with Crippen molar-refractivity contribution in [3.8, 4) is 11.7 Å². The van der Waals surface area contributed by atoms with Crippen LogP contribution in [0.1, 0.15) is 43.1 Å². The zero-order chi connectivity index (χ0) is 19.0. The van der Waals surface area contributed by atoms with Gasteiger partial charge in [0.15, 0.2) is 5.76 Å². The van der Waals surface area contributed by atoms with Crippen molar-refractivity contribution in [2.45, 2.75) is 43.6 Å². The molecule has 1 aliphatic carbocycles. The molecule has 1 N–H and O–H groups in total. The predicted octanol–water partition coefficient (Wildman–Crippen LogP) is 4.24. The van der Waals surface area contributed by atoms with Gasteiger partial charge in [0, 0.05) is 11.6 Å². The first-order chi connectivity index (χ1) is 12.9. The Hall–Kier alpha value is -2.68. The van der Waals surface area contributed by atoms with Crippen molar-refractivity contribution in [1.82, 2.24) is 10.2 Å². The highest BCUT2D eigenvalue weighted by atomic mass is 32.2. The van der Waals surface area contributed by atoms with E-state index in [0.29, 0.717) is 11.5 Å². The summed E-state index contributed by atoms with van der Waals surface area (Å²) in [4.78, 5) is 0. The largest absolute Gasteiger partial charge is 0.438 e. The Morgan fingerprint density at radius 3 is 2.63 bits per heavy atom. The fraction of sp³-hybridized carbons (Fsp3) is 0.333. The summed E-state index contributed by atoms with van der Waals surface area (Å²) in [6.45, 7) is 1.55. The molecule has 7 nitrogen and oxygen atoms in total. The third-order valence-electron chi connectivity index (χ3n) is 4.61. The molecule has 0 radical (unpaired) electrons. The number of benzene rings is 1. The highest BCUT2D eigenvalue weighted by Crippen LogP contribution is 2.35. The van der Waals surface area contributed by atoms with Gasteiger partial charge in [0.25, 0.3) is 15.9 Å². The van der Waals surface area contributed by atoms with Crippen LogP contribution in [0.4, 0.5) is 10.1 Å². The molecule has 3 aromatic rings. The minimum absolute atomic E-state index is 0.149. The van der Waals surface area contributed by atoms with Crippen LogP contribution >= 0.6 is 0 Å². The first-order valence-electron chi connectivity index (χ1n) is 8.65. The summed E-state index contributed by atoms with van der Waals surface area (Å²) in [6.07, 6.45) is 4.31. The zero-order valence-electron chi connectivity index (χ0n) is 14.6. The molecule has 1 saturated carbocycles. The van der Waals surface area contributed by atoms with E-state index >= 15 is 0 Å². The van der Waals surface area contributed by atoms with Gasteiger partial charge >= 0.3 is 0 Å². The van der Waals surface area contributed by atoms with E-state index < -0.39 is 15.8 Å². The smallest absolute Gasteiger partial charge is 0.295 e. The molecule has 142 valence electrons. The van der Waals surface area contributed by atoms with Crippen LogP contribution in [0.5, 0.6) is 0 Å². The molecule has 0 atom stereocenters. The highest BCUT2D eigenvalue weighted by molar-refractivity contribution is 7.92. The number of hydrogen-bond donors (Lipinski definition) is 1. The lowest BCUT2D eigenvalue weighted by Gasteiger charge is -2.06. The summed E-state index contributed by atoms with van der Waals surface area (Å²) in [5, 5.41) is 7.73. The van der Waals surface area contributed by atoms with Gasteiger partial charge in [-0.25, -0.2) is 4.39 Å². The Morgan fingerprint density at radius 2 is 1.89 bits per heavy atom. The second-order valence-electron chi connectivity index (χ2n) is 6.61. The summed E-state index contributed by atoms with van der Waals surface area (Å²) >= 11 is 0. The van der Waals surface area contributed by atoms with Crippen molar-refractivity contribution in [2.75, 3.05) is 4.72 Å². The Labute approximate surface area is 155 Å². The number of furan rings is 1. The van der Waals surface area contributed by atoms with Gasteiger partial charge in [0.05, 0.1) is 0 Å². The van der Waals surface area contributed by atoms with Crippen LogP contribution in [0.2, 0.25) is 0 Å². The number of halogens is 1. The van der Waals surface area contributed by atoms with Gasteiger partial charge in [0.1, 0.15) is 5.82 Å². The van der Waals surface area contributed by atoms with E-state index in [2.05, 4.69) is 14.9 Å². The summed E-state index contributed by atoms with van der Waals surface area (Å²) < 4.78 is 51.8. The Bertz CT molecular complexity index is 1070. The van der Waals surface area contributed by atoms with Gasteiger partial charge in [-0.3, -0.25) is 4.72 Å². The van der Waals surface area contributed by atoms with Crippen LogP contribution in [0, 0.1) is 12.7 Å². The van der Waals surface area contributed by atoms with Crippen molar-refractivity contribution in [2.24, 2.45) is 0 Å². The summed E-state index contributed by atoms with van der Waals surface area (Å²) in [7, 11) is -3.97. The molecule has 0 aliphatic heterocycles. The average Bonchev–Trinajstić information content (AvgIpc) is 3.38. The number of aromatic nitrogens is 2. The third kappa shape index (κ3) is 3.59. The number of sulfonamides is 1. The predicted molar refractivity (Wildman–Crippen MR) is 95.2 cm³/mol. The molecular weight excluding hydrogens is 373 g/mol. The maximum Gasteiger partial charge on any atom is 0.295 e. The van der Waals surface area contributed by atoms with E-state index in [-0.39, 0.29) is 28.3 Å². The monoisotopic (exact) mass is 391 g/mol. The van der Waals surface area contributed by atoms with E-state index in [4.69, 9.17) is 8.83 Å². The number of nitrogens with zero attached hydrogens (tertiary/aromatic N) is 2. The van der Waals surface area contributed by atoms with Gasteiger partial charge < -0.3 is 8.83 Å². The highest BCUT2D eigenvalue weighted by Gasteiger charge is 2.25. The summed E-state index contributed by atoms with van der Waals surface area (Å²) in [5.41, 5.74) is 0.578. The second-order valence-corrected chi connectivity index (χ2v) is 8.23. The molecule has 9 heteroatoms. The van der Waals surface area contributed by atoms with E-state index in [0.717, 1.165) is 25.7 Å². The van der Waals surface area contributed by atoms with Gasteiger partial charge in [-0.15, -0.1) is 10.2 Å². The van der Waals surface area contributed by atoms with Crippen molar-refractivity contribution >= 4 is 15.7 Å². The average molecular weight is 391 g/mol. The first kappa shape index (κ1) is 17.7. The molecule has 0 amide bonds. The molecular formula is C18H18FN3O4S. The molecule has 0 spiro atoms. The summed E-state index contributed by atoms with van der Waals surface area (Å²) in [6, 6.07) is 6.73. The maximum atomic E-state index is 13.3. The Balaban J connectivity index is 1.55. The molecule has 0 unspecified atom stereocenters. The van der Waals surface area contributed by atoms with Crippen molar-refractivity contribution in [3.05, 3.63) is 47.6 Å². The molecule has 1 aliphatic rings. The number of hydrogen-bond acceptors (Lipinski definition) is 6. The first-order valence-corrected chi connectivity index (χ1v) is 10.1. The Morgan fingerprint density at radius 1 is 1.11 bits per heavy atom. The van der Waals surface area contributed by atoms with Crippen molar-refractivity contribution < 1.29 is 21.6 Å². The number of aryl methyl sites for hydroxylation is 1. The van der Waals surface area contributed by atoms with E-state index in [9.17, 15) is 12.8 Å². The lowest BCUT2D eigenvalue weighted by Crippen LogP contribution is -2.12. The molecule has 1 fully saturated rings. The minimum atomic E-state index is -3.97. The van der Waals surface area contributed by atoms with Gasteiger partial charge in [0.2, 0.25) is 11.0 Å². The summed E-state index contributed by atoms with van der Waals surface area (Å²) in [5.74, 6) is 0.738. The number of rotatable bonds is 5. The standard InChI is InChI=1S/C18H18FN3O4S/c1-11-10-13(6-7-14(11)19)22-27(23,24)16-9-8-15(25-16)18-21-20-17(26-18)12-4-2-3-5-12/h6-10,12,22H,2-5H2,1H3. The van der Waals surface area contributed by atoms with Gasteiger partial charge in [-0.1, -0.05) is 12.8 Å². The zero-order valence-corrected chi connectivity index (χ0v) is 15.4. The van der Waals surface area contributed by atoms with Crippen LogP contribution in [-0.4, -0.2) is 18.6 Å². The molecule has 27 heavy (non-hydrogen) atoms. The van der Waals surface area contributed by atoms with Crippen LogP contribution in [0.3, 0.4) is 0 Å². The van der Waals surface area contributed by atoms with E-state index in [1.54, 1.807) is 6.92 Å². The minimum Gasteiger partial charge on any atom is -0.438 e. The fourth-order valence-corrected chi connectivity index (χ4v) is 4.15. The van der Waals surface area contributed by atoms with Crippen molar-refractivity contribution in [3.63, 3.8) is 0 Å². The van der Waals surface area contributed by atoms with Gasteiger partial charge in [-0.05, 0) is 55.7 Å². The number of anilines is 1. The maximum absolute atomic E-state index is 13.3. The van der Waals surface area contributed by atoms with Gasteiger partial charge in [-0.2, -0.15) is 8.42 Å².